The average molecular weight is 329 g/mol. The second-order valence-electron chi connectivity index (χ2n) is 4.45. The lowest BCUT2D eigenvalue weighted by Crippen LogP contribution is -2.17. The number of rotatable bonds is 4. The Labute approximate surface area is 127 Å². The van der Waals surface area contributed by atoms with Crippen molar-refractivity contribution in [3.8, 4) is 17.4 Å². The molecule has 2 N–H and O–H groups in total. The van der Waals surface area contributed by atoms with Gasteiger partial charge in [0.05, 0.1) is 4.92 Å². The van der Waals surface area contributed by atoms with Crippen molar-refractivity contribution in [2.45, 2.75) is 13.3 Å². The number of benzene rings is 1. The van der Waals surface area contributed by atoms with Gasteiger partial charge in [-0.2, -0.15) is 0 Å². The molecule has 2 aromatic rings. The fourth-order valence-corrected chi connectivity index (χ4v) is 1.67. The Hall–Kier alpha value is -3.04. The fourth-order valence-electron chi connectivity index (χ4n) is 1.67. The molecule has 0 fully saturated rings. The minimum absolute atomic E-state index is 0.00275. The van der Waals surface area contributed by atoms with Crippen LogP contribution in [0.4, 0.5) is 24.5 Å². The lowest BCUT2D eigenvalue weighted by atomic mass is 10.2. The Balaban J connectivity index is 2.43. The maximum atomic E-state index is 12.4. The smallest absolute Gasteiger partial charge is 0.430 e. The first-order valence-electron chi connectivity index (χ1n) is 6.10. The number of hydrogen-bond donors (Lipinski definition) is 1. The van der Waals surface area contributed by atoms with Gasteiger partial charge in [0.15, 0.2) is 11.5 Å². The van der Waals surface area contributed by atoms with Gasteiger partial charge in [0.25, 0.3) is 5.88 Å². The van der Waals surface area contributed by atoms with Crippen molar-refractivity contribution in [2.24, 2.45) is 0 Å². The SMILES string of the molecule is Cc1cnc(Oc2ccc(N)cc2OC(F)(F)F)c([N+](=O)[O-])c1. The van der Waals surface area contributed by atoms with Crippen LogP contribution in [0.15, 0.2) is 30.5 Å². The number of halogens is 3. The molecule has 1 heterocycles. The highest BCUT2D eigenvalue weighted by Gasteiger charge is 2.33. The predicted molar refractivity (Wildman–Crippen MR) is 73.2 cm³/mol. The molecule has 1 aromatic carbocycles. The van der Waals surface area contributed by atoms with E-state index in [2.05, 4.69) is 9.72 Å². The van der Waals surface area contributed by atoms with E-state index in [1.165, 1.54) is 18.3 Å². The Morgan fingerprint density at radius 3 is 2.57 bits per heavy atom. The van der Waals surface area contributed by atoms with Gasteiger partial charge in [0.2, 0.25) is 0 Å². The number of hydrogen-bond acceptors (Lipinski definition) is 6. The third-order valence-electron chi connectivity index (χ3n) is 2.57. The van der Waals surface area contributed by atoms with Crippen LogP contribution in [0, 0.1) is 17.0 Å². The van der Waals surface area contributed by atoms with Crippen LogP contribution in [0.25, 0.3) is 0 Å². The van der Waals surface area contributed by atoms with Crippen molar-refractivity contribution in [3.63, 3.8) is 0 Å². The first-order chi connectivity index (χ1) is 10.7. The number of aryl methyl sites for hydroxylation is 1. The van der Waals surface area contributed by atoms with Gasteiger partial charge >= 0.3 is 12.0 Å². The molecule has 0 aliphatic rings. The molecule has 0 unspecified atom stereocenters. The number of nitrogen functional groups attached to an aromatic ring is 1. The topological polar surface area (TPSA) is 101 Å². The highest BCUT2D eigenvalue weighted by atomic mass is 19.4. The zero-order valence-electron chi connectivity index (χ0n) is 11.6. The summed E-state index contributed by atoms with van der Waals surface area (Å²) < 4.78 is 46.2. The number of anilines is 1. The number of ether oxygens (including phenoxy) is 2. The molecule has 0 radical (unpaired) electrons. The van der Waals surface area contributed by atoms with E-state index in [4.69, 9.17) is 10.5 Å². The molecule has 7 nitrogen and oxygen atoms in total. The number of pyridine rings is 1. The van der Waals surface area contributed by atoms with Crippen molar-refractivity contribution in [3.05, 3.63) is 46.1 Å². The van der Waals surface area contributed by atoms with Gasteiger partial charge in [0.1, 0.15) is 0 Å². The molecule has 23 heavy (non-hydrogen) atoms. The molecule has 0 spiro atoms. The third kappa shape index (κ3) is 4.22. The van der Waals surface area contributed by atoms with Gasteiger partial charge in [0, 0.05) is 24.0 Å². The van der Waals surface area contributed by atoms with Crippen molar-refractivity contribution in [1.82, 2.24) is 4.98 Å². The molecular weight excluding hydrogens is 319 g/mol. The van der Waals surface area contributed by atoms with Crippen LogP contribution < -0.4 is 15.2 Å². The highest BCUT2D eigenvalue weighted by Crippen LogP contribution is 2.38. The van der Waals surface area contributed by atoms with Gasteiger partial charge < -0.3 is 15.2 Å². The highest BCUT2D eigenvalue weighted by molar-refractivity contribution is 5.54. The van der Waals surface area contributed by atoms with E-state index in [-0.39, 0.29) is 5.69 Å². The fraction of sp³-hybridized carbons (Fsp3) is 0.154. The van der Waals surface area contributed by atoms with Crippen molar-refractivity contribution in [1.29, 1.82) is 0 Å². The van der Waals surface area contributed by atoms with Crippen LogP contribution in [0.1, 0.15) is 5.56 Å². The molecule has 10 heteroatoms. The average Bonchev–Trinajstić information content (AvgIpc) is 2.41. The third-order valence-corrected chi connectivity index (χ3v) is 2.57. The Morgan fingerprint density at radius 1 is 1.26 bits per heavy atom. The predicted octanol–water partition coefficient (Wildman–Crippen LogP) is 3.57. The normalized spacial score (nSPS) is 11.1. The van der Waals surface area contributed by atoms with Crippen LogP contribution in [0.5, 0.6) is 17.4 Å². The maximum Gasteiger partial charge on any atom is 0.573 e. The zero-order chi connectivity index (χ0) is 17.2. The Morgan fingerprint density at radius 2 is 1.96 bits per heavy atom. The number of nitrogens with two attached hydrogens (primary N) is 1. The van der Waals surface area contributed by atoms with E-state index in [0.29, 0.717) is 5.56 Å². The molecule has 0 amide bonds. The maximum absolute atomic E-state index is 12.4. The standard InChI is InChI=1S/C13H10F3N3O4/c1-7-4-9(19(20)21)12(18-6-7)22-10-3-2-8(17)5-11(10)23-13(14,15)16/h2-6H,17H2,1H3. The largest absolute Gasteiger partial charge is 0.573 e. The number of nitro groups is 1. The molecule has 0 saturated heterocycles. The molecule has 0 atom stereocenters. The van der Waals surface area contributed by atoms with Crippen molar-refractivity contribution < 1.29 is 27.6 Å². The number of alkyl halides is 3. The van der Waals surface area contributed by atoms with Crippen molar-refractivity contribution >= 4 is 11.4 Å². The minimum Gasteiger partial charge on any atom is -0.430 e. The molecule has 1 aromatic heterocycles. The Kier molecular flexibility index (Phi) is 4.25. The van der Waals surface area contributed by atoms with Gasteiger partial charge in [-0.05, 0) is 24.6 Å². The van der Waals surface area contributed by atoms with E-state index < -0.39 is 34.4 Å². The minimum atomic E-state index is -4.97. The van der Waals surface area contributed by atoms with Gasteiger partial charge in [-0.25, -0.2) is 4.98 Å². The van der Waals surface area contributed by atoms with E-state index in [9.17, 15) is 23.3 Å². The first-order valence-corrected chi connectivity index (χ1v) is 6.10. The summed E-state index contributed by atoms with van der Waals surface area (Å²) >= 11 is 0. The second-order valence-corrected chi connectivity index (χ2v) is 4.45. The second kappa shape index (κ2) is 5.99. The number of aromatic nitrogens is 1. The summed E-state index contributed by atoms with van der Waals surface area (Å²) in [5.74, 6) is -1.59. The molecule has 122 valence electrons. The van der Waals surface area contributed by atoms with Gasteiger partial charge in [-0.1, -0.05) is 0 Å². The summed E-state index contributed by atoms with van der Waals surface area (Å²) in [6, 6.07) is 4.44. The quantitative estimate of drug-likeness (QED) is 0.523. The molecule has 0 bridgehead atoms. The zero-order valence-corrected chi connectivity index (χ0v) is 11.6. The van der Waals surface area contributed by atoms with Crippen LogP contribution in [-0.2, 0) is 0 Å². The van der Waals surface area contributed by atoms with E-state index in [1.54, 1.807) is 6.92 Å². The lowest BCUT2D eigenvalue weighted by Gasteiger charge is -2.14. The van der Waals surface area contributed by atoms with E-state index in [0.717, 1.165) is 12.1 Å². The van der Waals surface area contributed by atoms with Gasteiger partial charge in [-0.3, -0.25) is 10.1 Å². The van der Waals surface area contributed by atoms with Gasteiger partial charge in [-0.15, -0.1) is 13.2 Å². The molecule has 2 rings (SSSR count). The monoisotopic (exact) mass is 329 g/mol. The van der Waals surface area contributed by atoms with Crippen LogP contribution in [0.2, 0.25) is 0 Å². The molecule has 0 aliphatic heterocycles. The van der Waals surface area contributed by atoms with Crippen LogP contribution in [0.3, 0.4) is 0 Å². The Bertz CT molecular complexity index is 750. The lowest BCUT2D eigenvalue weighted by molar-refractivity contribution is -0.386. The summed E-state index contributed by atoms with van der Waals surface area (Å²) in [7, 11) is 0. The van der Waals surface area contributed by atoms with Crippen LogP contribution >= 0.6 is 0 Å². The summed E-state index contributed by atoms with van der Waals surface area (Å²) in [5.41, 5.74) is 5.42. The van der Waals surface area contributed by atoms with Crippen LogP contribution in [-0.4, -0.2) is 16.3 Å². The summed E-state index contributed by atoms with van der Waals surface area (Å²) in [6.07, 6.45) is -3.69. The first kappa shape index (κ1) is 16.3. The molecule has 0 saturated carbocycles. The summed E-state index contributed by atoms with van der Waals surface area (Å²) in [5, 5.41) is 11.0. The summed E-state index contributed by atoms with van der Waals surface area (Å²) in [6.45, 7) is 1.57. The van der Waals surface area contributed by atoms with Crippen molar-refractivity contribution in [2.75, 3.05) is 5.73 Å². The number of nitrogens with zero attached hydrogens (tertiary/aromatic N) is 2. The molecule has 0 aliphatic carbocycles. The van der Waals surface area contributed by atoms with E-state index >= 15 is 0 Å². The summed E-state index contributed by atoms with van der Waals surface area (Å²) in [4.78, 5) is 14.0. The van der Waals surface area contributed by atoms with E-state index in [1.807, 2.05) is 0 Å². The molecular formula is C13H10F3N3O4.